The van der Waals surface area contributed by atoms with Crippen LogP contribution in [-0.2, 0) is 0 Å². The van der Waals surface area contributed by atoms with Gasteiger partial charge in [0.25, 0.3) is 0 Å². The van der Waals surface area contributed by atoms with Crippen molar-refractivity contribution in [2.45, 2.75) is 5.16 Å². The van der Waals surface area contributed by atoms with Gasteiger partial charge in [-0.2, -0.15) is 10.1 Å². The summed E-state index contributed by atoms with van der Waals surface area (Å²) in [5.41, 5.74) is 5.21. The van der Waals surface area contributed by atoms with E-state index in [2.05, 4.69) is 30.7 Å². The number of anilines is 1. The lowest BCUT2D eigenvalue weighted by Crippen LogP contribution is -2.02. The summed E-state index contributed by atoms with van der Waals surface area (Å²) in [5.74, 6) is 0.0261. The maximum absolute atomic E-state index is 12.9. The smallest absolute Gasteiger partial charge is 0.240 e. The fraction of sp³-hybridized carbons (Fsp3) is 0.0526. The van der Waals surface area contributed by atoms with Crippen LogP contribution in [0.1, 0.15) is 15.9 Å². The number of benzene rings is 2. The molecule has 0 unspecified atom stereocenters. The molecule has 0 radical (unpaired) electrons. The van der Waals surface area contributed by atoms with Gasteiger partial charge in [-0.3, -0.25) is 4.79 Å². The van der Waals surface area contributed by atoms with Crippen molar-refractivity contribution in [3.8, 4) is 0 Å². The van der Waals surface area contributed by atoms with Crippen molar-refractivity contribution in [2.24, 2.45) is 5.10 Å². The number of nitrogens with one attached hydrogen (secondary N) is 3. The quantitative estimate of drug-likeness (QED) is 0.191. The van der Waals surface area contributed by atoms with Gasteiger partial charge in [-0.15, -0.1) is 5.10 Å². The molecule has 3 N–H and O–H groups in total. The SMILES string of the molecule is O=C(CSc1n[nH]c(N/N=C/c2c[nH]c3ccccc23)n1)c1ccc(F)cc1. The van der Waals surface area contributed by atoms with Crippen molar-refractivity contribution in [1.29, 1.82) is 0 Å². The molecule has 28 heavy (non-hydrogen) atoms. The monoisotopic (exact) mass is 394 g/mol. The highest BCUT2D eigenvalue weighted by Crippen LogP contribution is 2.17. The van der Waals surface area contributed by atoms with Crippen molar-refractivity contribution in [1.82, 2.24) is 20.2 Å². The Labute approximate surface area is 163 Å². The fourth-order valence-electron chi connectivity index (χ4n) is 2.57. The lowest BCUT2D eigenvalue weighted by Gasteiger charge is -1.98. The topological polar surface area (TPSA) is 98.8 Å². The number of thioether (sulfide) groups is 1. The van der Waals surface area contributed by atoms with Crippen LogP contribution in [0.5, 0.6) is 0 Å². The molecule has 0 saturated heterocycles. The van der Waals surface area contributed by atoms with E-state index >= 15 is 0 Å². The molecule has 2 aromatic carbocycles. The number of ketones is 1. The first kappa shape index (κ1) is 17.9. The van der Waals surface area contributed by atoms with Crippen molar-refractivity contribution in [3.05, 3.63) is 71.7 Å². The van der Waals surface area contributed by atoms with E-state index in [0.29, 0.717) is 16.7 Å². The number of Topliss-reactive ketones (excluding diaryl/α,β-unsaturated/α-hetero) is 1. The van der Waals surface area contributed by atoms with Crippen molar-refractivity contribution < 1.29 is 9.18 Å². The van der Waals surface area contributed by atoms with E-state index < -0.39 is 0 Å². The number of halogens is 1. The van der Waals surface area contributed by atoms with Crippen molar-refractivity contribution in [2.75, 3.05) is 11.2 Å². The summed E-state index contributed by atoms with van der Waals surface area (Å²) in [5, 5.41) is 12.4. The minimum atomic E-state index is -0.373. The number of hydrogen-bond acceptors (Lipinski definition) is 6. The van der Waals surface area contributed by atoms with Gasteiger partial charge in [-0.1, -0.05) is 30.0 Å². The maximum atomic E-state index is 12.9. The van der Waals surface area contributed by atoms with Crippen LogP contribution in [0.3, 0.4) is 0 Å². The first-order chi connectivity index (χ1) is 13.7. The average molecular weight is 394 g/mol. The molecule has 0 spiro atoms. The number of para-hydroxylation sites is 1. The Kier molecular flexibility index (Phi) is 5.16. The summed E-state index contributed by atoms with van der Waals surface area (Å²) in [6, 6.07) is 13.4. The zero-order valence-corrected chi connectivity index (χ0v) is 15.3. The number of aromatic amines is 2. The highest BCUT2D eigenvalue weighted by molar-refractivity contribution is 7.99. The minimum absolute atomic E-state index is 0.123. The standard InChI is InChI=1S/C19H15FN6OS/c20-14-7-5-12(6-8-14)17(27)11-28-19-23-18(25-26-19)24-22-10-13-9-21-16-4-2-1-3-15(13)16/h1-10,21H,11H2,(H2,23,24,25,26)/b22-10+. The predicted octanol–water partition coefficient (Wildman–Crippen LogP) is 3.85. The van der Waals surface area contributed by atoms with Gasteiger partial charge in [-0.25, -0.2) is 14.9 Å². The Hall–Kier alpha value is -3.46. The van der Waals surface area contributed by atoms with Crippen LogP contribution in [0.15, 0.2) is 65.0 Å². The maximum Gasteiger partial charge on any atom is 0.240 e. The van der Waals surface area contributed by atoms with E-state index in [1.54, 1.807) is 6.21 Å². The van der Waals surface area contributed by atoms with Crippen LogP contribution in [-0.4, -0.2) is 37.9 Å². The second kappa shape index (κ2) is 8.05. The van der Waals surface area contributed by atoms with E-state index in [0.717, 1.165) is 16.5 Å². The number of H-pyrrole nitrogens is 2. The van der Waals surface area contributed by atoms with Gasteiger partial charge in [0.2, 0.25) is 11.1 Å². The van der Waals surface area contributed by atoms with E-state index in [-0.39, 0.29) is 17.4 Å². The van der Waals surface area contributed by atoms with Gasteiger partial charge in [0.15, 0.2) is 5.78 Å². The normalized spacial score (nSPS) is 11.3. The van der Waals surface area contributed by atoms with E-state index in [4.69, 9.17) is 0 Å². The largest absolute Gasteiger partial charge is 0.361 e. The summed E-state index contributed by atoms with van der Waals surface area (Å²) in [6.45, 7) is 0. The van der Waals surface area contributed by atoms with Crippen molar-refractivity contribution >= 4 is 40.6 Å². The molecular formula is C19H15FN6OS. The van der Waals surface area contributed by atoms with Gasteiger partial charge in [0, 0.05) is 28.2 Å². The molecule has 7 nitrogen and oxygen atoms in total. The van der Waals surface area contributed by atoms with Crippen LogP contribution in [0.2, 0.25) is 0 Å². The molecule has 0 aliphatic rings. The third-order valence-electron chi connectivity index (χ3n) is 3.96. The summed E-state index contributed by atoms with van der Waals surface area (Å²) in [6.07, 6.45) is 3.56. The average Bonchev–Trinajstić information content (AvgIpc) is 3.34. The van der Waals surface area contributed by atoms with Crippen LogP contribution in [0.25, 0.3) is 10.9 Å². The molecule has 0 bridgehead atoms. The van der Waals surface area contributed by atoms with E-state index in [9.17, 15) is 9.18 Å². The molecule has 4 rings (SSSR count). The summed E-state index contributed by atoms with van der Waals surface area (Å²) in [7, 11) is 0. The van der Waals surface area contributed by atoms with Crippen molar-refractivity contribution in [3.63, 3.8) is 0 Å². The number of aromatic nitrogens is 4. The molecule has 0 saturated carbocycles. The molecule has 0 amide bonds. The third kappa shape index (κ3) is 4.09. The summed E-state index contributed by atoms with van der Waals surface area (Å²) >= 11 is 1.19. The number of nitrogens with zero attached hydrogens (tertiary/aromatic N) is 3. The number of carbonyl (C=O) groups is 1. The van der Waals surface area contributed by atoms with Gasteiger partial charge < -0.3 is 4.98 Å². The zero-order chi connectivity index (χ0) is 19.3. The van der Waals surface area contributed by atoms with Gasteiger partial charge in [-0.05, 0) is 30.3 Å². The highest BCUT2D eigenvalue weighted by atomic mass is 32.2. The van der Waals surface area contributed by atoms with Crippen LogP contribution < -0.4 is 5.43 Å². The molecule has 2 heterocycles. The summed E-state index contributed by atoms with van der Waals surface area (Å²) < 4.78 is 12.9. The van der Waals surface area contributed by atoms with Gasteiger partial charge in [0.05, 0.1) is 12.0 Å². The Morgan fingerprint density at radius 2 is 2.04 bits per heavy atom. The molecule has 2 aromatic heterocycles. The third-order valence-corrected chi connectivity index (χ3v) is 4.81. The first-order valence-electron chi connectivity index (χ1n) is 8.38. The van der Waals surface area contributed by atoms with Crippen LogP contribution in [0, 0.1) is 5.82 Å². The second-order valence-electron chi connectivity index (χ2n) is 5.84. The number of hydrogen-bond donors (Lipinski definition) is 3. The highest BCUT2D eigenvalue weighted by Gasteiger charge is 2.10. The van der Waals surface area contributed by atoms with E-state index in [1.807, 2.05) is 30.5 Å². The second-order valence-corrected chi connectivity index (χ2v) is 6.79. The minimum Gasteiger partial charge on any atom is -0.361 e. The molecule has 0 aliphatic carbocycles. The first-order valence-corrected chi connectivity index (χ1v) is 9.37. The molecule has 4 aromatic rings. The van der Waals surface area contributed by atoms with Gasteiger partial charge >= 0.3 is 0 Å². The molecule has 140 valence electrons. The predicted molar refractivity (Wildman–Crippen MR) is 107 cm³/mol. The lowest BCUT2D eigenvalue weighted by atomic mass is 10.1. The molecule has 0 aliphatic heterocycles. The molecular weight excluding hydrogens is 379 g/mol. The molecule has 0 atom stereocenters. The Bertz CT molecular complexity index is 1130. The van der Waals surface area contributed by atoms with E-state index in [1.165, 1.54) is 36.0 Å². The number of carbonyl (C=O) groups excluding carboxylic acids is 1. The lowest BCUT2D eigenvalue weighted by molar-refractivity contribution is 0.102. The molecule has 9 heteroatoms. The fourth-order valence-corrected chi connectivity index (χ4v) is 3.27. The Morgan fingerprint density at radius 3 is 2.89 bits per heavy atom. The Morgan fingerprint density at radius 1 is 1.21 bits per heavy atom. The zero-order valence-electron chi connectivity index (χ0n) is 14.5. The number of rotatable bonds is 7. The van der Waals surface area contributed by atoms with Crippen LogP contribution >= 0.6 is 11.8 Å². The number of fused-ring (bicyclic) bond motifs is 1. The Balaban J connectivity index is 1.33. The molecule has 0 fully saturated rings. The van der Waals surface area contributed by atoms with Gasteiger partial charge in [0.1, 0.15) is 5.82 Å². The summed E-state index contributed by atoms with van der Waals surface area (Å²) in [4.78, 5) is 19.5. The van der Waals surface area contributed by atoms with Crippen LogP contribution in [0.4, 0.5) is 10.3 Å². The number of hydrazone groups is 1.